The highest BCUT2D eigenvalue weighted by Gasteiger charge is 2.20. The normalized spacial score (nSPS) is 23.8. The maximum atomic E-state index is 4.73. The lowest BCUT2D eigenvalue weighted by Gasteiger charge is -2.22. The van der Waals surface area contributed by atoms with Crippen molar-refractivity contribution in [3.63, 3.8) is 0 Å². The third kappa shape index (κ3) is 4.00. The number of nitrogens with one attached hydrogen (secondary N) is 1. The minimum absolute atomic E-state index is 0.639. The van der Waals surface area contributed by atoms with E-state index in [4.69, 9.17) is 4.99 Å². The van der Waals surface area contributed by atoms with Crippen LogP contribution in [0.15, 0.2) is 4.99 Å². The average molecular weight is 242 g/mol. The number of aliphatic imine (C=N–C) groups is 1. The Labute approximate surface area is 105 Å². The number of rotatable bonds is 5. The summed E-state index contributed by atoms with van der Waals surface area (Å²) in [5.41, 5.74) is 0. The van der Waals surface area contributed by atoms with Gasteiger partial charge in [0.25, 0.3) is 0 Å². The summed E-state index contributed by atoms with van der Waals surface area (Å²) in [6.45, 7) is 12.4. The first-order valence-electron chi connectivity index (χ1n) is 6.48. The molecule has 0 aromatic rings. The van der Waals surface area contributed by atoms with Crippen LogP contribution >= 0.6 is 11.8 Å². The quantitative estimate of drug-likeness (QED) is 0.799. The molecule has 0 aromatic heterocycles. The highest BCUT2D eigenvalue weighted by Crippen LogP contribution is 2.22. The fourth-order valence-corrected chi connectivity index (χ4v) is 3.22. The van der Waals surface area contributed by atoms with Crippen molar-refractivity contribution in [1.82, 2.24) is 5.32 Å². The molecule has 0 radical (unpaired) electrons. The molecule has 1 unspecified atom stereocenters. The highest BCUT2D eigenvalue weighted by molar-refractivity contribution is 8.14. The van der Waals surface area contributed by atoms with Crippen molar-refractivity contribution in [3.8, 4) is 0 Å². The zero-order valence-electron chi connectivity index (χ0n) is 11.3. The summed E-state index contributed by atoms with van der Waals surface area (Å²) in [6.07, 6.45) is 1.20. The molecule has 1 aliphatic heterocycles. The zero-order chi connectivity index (χ0) is 12.1. The van der Waals surface area contributed by atoms with Crippen molar-refractivity contribution >= 4 is 16.9 Å². The number of amidine groups is 1. The van der Waals surface area contributed by atoms with E-state index in [1.165, 1.54) is 12.2 Å². The van der Waals surface area contributed by atoms with Crippen LogP contribution in [0, 0.1) is 17.8 Å². The Morgan fingerprint density at radius 1 is 1.31 bits per heavy atom. The van der Waals surface area contributed by atoms with Gasteiger partial charge < -0.3 is 5.32 Å². The molecule has 1 atom stereocenters. The minimum Gasteiger partial charge on any atom is -0.361 e. The molecule has 1 aliphatic rings. The lowest BCUT2D eigenvalue weighted by molar-refractivity contribution is 0.298. The van der Waals surface area contributed by atoms with E-state index in [0.29, 0.717) is 12.0 Å². The third-order valence-corrected chi connectivity index (χ3v) is 4.49. The molecule has 1 N–H and O–H groups in total. The summed E-state index contributed by atoms with van der Waals surface area (Å²) in [7, 11) is 0. The maximum Gasteiger partial charge on any atom is 0.156 e. The summed E-state index contributed by atoms with van der Waals surface area (Å²) in [5.74, 6) is 3.33. The smallest absolute Gasteiger partial charge is 0.156 e. The Balaban J connectivity index is 2.45. The van der Waals surface area contributed by atoms with E-state index in [-0.39, 0.29) is 0 Å². The van der Waals surface area contributed by atoms with Crippen molar-refractivity contribution in [2.75, 3.05) is 12.3 Å². The molecule has 0 amide bonds. The topological polar surface area (TPSA) is 24.4 Å². The van der Waals surface area contributed by atoms with E-state index in [9.17, 15) is 0 Å². The standard InChI is InChI=1S/C13H26N2S/c1-6-11-8-16-13(15-11)14-7-12(9(2)3)10(4)5/h9-12H,6-8H2,1-5H3,(H,14,15). The van der Waals surface area contributed by atoms with Gasteiger partial charge in [0.15, 0.2) is 5.17 Å². The molecule has 16 heavy (non-hydrogen) atoms. The van der Waals surface area contributed by atoms with Crippen LogP contribution in [0.5, 0.6) is 0 Å². The van der Waals surface area contributed by atoms with E-state index < -0.39 is 0 Å². The van der Waals surface area contributed by atoms with E-state index in [1.54, 1.807) is 0 Å². The maximum absolute atomic E-state index is 4.73. The van der Waals surface area contributed by atoms with Crippen LogP contribution in [0.3, 0.4) is 0 Å². The molecule has 3 heteroatoms. The van der Waals surface area contributed by atoms with E-state index in [1.807, 2.05) is 11.8 Å². The van der Waals surface area contributed by atoms with Crippen LogP contribution in [-0.2, 0) is 0 Å². The van der Waals surface area contributed by atoms with Crippen LogP contribution in [0.1, 0.15) is 41.0 Å². The van der Waals surface area contributed by atoms with E-state index >= 15 is 0 Å². The molecule has 1 saturated heterocycles. The summed E-state index contributed by atoms with van der Waals surface area (Å²) in [5, 5.41) is 4.65. The summed E-state index contributed by atoms with van der Waals surface area (Å²) < 4.78 is 0. The first-order valence-corrected chi connectivity index (χ1v) is 7.46. The monoisotopic (exact) mass is 242 g/mol. The Bertz CT molecular complexity index is 228. The van der Waals surface area contributed by atoms with Crippen molar-refractivity contribution in [2.24, 2.45) is 22.7 Å². The molecule has 1 fully saturated rings. The van der Waals surface area contributed by atoms with Crippen molar-refractivity contribution < 1.29 is 0 Å². The zero-order valence-corrected chi connectivity index (χ0v) is 12.1. The summed E-state index contributed by atoms with van der Waals surface area (Å²) >= 11 is 1.88. The van der Waals surface area contributed by atoms with Crippen molar-refractivity contribution in [2.45, 2.75) is 47.1 Å². The van der Waals surface area contributed by atoms with Gasteiger partial charge in [-0.1, -0.05) is 46.4 Å². The molecule has 0 aliphatic carbocycles. The SMILES string of the molecule is CCC1CSC(=NCC(C(C)C)C(C)C)N1. The highest BCUT2D eigenvalue weighted by atomic mass is 32.2. The Morgan fingerprint density at radius 2 is 1.94 bits per heavy atom. The number of hydrogen-bond donors (Lipinski definition) is 1. The fourth-order valence-electron chi connectivity index (χ4n) is 2.13. The second-order valence-electron chi connectivity index (χ2n) is 5.36. The number of hydrogen-bond acceptors (Lipinski definition) is 2. The number of thioether (sulfide) groups is 1. The molecule has 0 aromatic carbocycles. The predicted octanol–water partition coefficient (Wildman–Crippen LogP) is 3.39. The van der Waals surface area contributed by atoms with E-state index in [0.717, 1.165) is 23.5 Å². The fraction of sp³-hybridized carbons (Fsp3) is 0.923. The molecular formula is C13H26N2S. The molecule has 0 saturated carbocycles. The van der Waals surface area contributed by atoms with Crippen molar-refractivity contribution in [3.05, 3.63) is 0 Å². The molecule has 1 heterocycles. The second kappa shape index (κ2) is 6.53. The van der Waals surface area contributed by atoms with Gasteiger partial charge in [0.05, 0.1) is 0 Å². The lowest BCUT2D eigenvalue weighted by atomic mass is 9.86. The van der Waals surface area contributed by atoms with Crippen LogP contribution in [0.4, 0.5) is 0 Å². The third-order valence-electron chi connectivity index (χ3n) is 3.40. The molecule has 2 nitrogen and oxygen atoms in total. The molecule has 1 rings (SSSR count). The Kier molecular flexibility index (Phi) is 5.67. The molecule has 0 spiro atoms. The van der Waals surface area contributed by atoms with Crippen molar-refractivity contribution in [1.29, 1.82) is 0 Å². The first kappa shape index (κ1) is 13.9. The van der Waals surface area contributed by atoms with E-state index in [2.05, 4.69) is 39.9 Å². The lowest BCUT2D eigenvalue weighted by Crippen LogP contribution is -2.27. The number of nitrogens with zero attached hydrogens (tertiary/aromatic N) is 1. The van der Waals surface area contributed by atoms with Crippen LogP contribution in [0.25, 0.3) is 0 Å². The van der Waals surface area contributed by atoms with Crippen LogP contribution in [-0.4, -0.2) is 23.5 Å². The minimum atomic E-state index is 0.639. The van der Waals surface area contributed by atoms with Crippen LogP contribution < -0.4 is 5.32 Å². The van der Waals surface area contributed by atoms with Gasteiger partial charge in [-0.25, -0.2) is 0 Å². The Morgan fingerprint density at radius 3 is 2.38 bits per heavy atom. The van der Waals surface area contributed by atoms with Gasteiger partial charge in [-0.15, -0.1) is 0 Å². The molecule has 94 valence electrons. The predicted molar refractivity (Wildman–Crippen MR) is 75.1 cm³/mol. The van der Waals surface area contributed by atoms with Gasteiger partial charge in [0, 0.05) is 18.3 Å². The largest absolute Gasteiger partial charge is 0.361 e. The Hall–Kier alpha value is -0.180. The van der Waals surface area contributed by atoms with Gasteiger partial charge in [0.2, 0.25) is 0 Å². The van der Waals surface area contributed by atoms with Crippen LogP contribution in [0.2, 0.25) is 0 Å². The van der Waals surface area contributed by atoms with Gasteiger partial charge in [-0.2, -0.15) is 0 Å². The summed E-state index contributed by atoms with van der Waals surface area (Å²) in [4.78, 5) is 4.73. The average Bonchev–Trinajstić information content (AvgIpc) is 2.65. The molecular weight excluding hydrogens is 216 g/mol. The second-order valence-corrected chi connectivity index (χ2v) is 6.37. The first-order chi connectivity index (χ1) is 7.54. The van der Waals surface area contributed by atoms with Gasteiger partial charge in [-0.3, -0.25) is 4.99 Å². The summed E-state index contributed by atoms with van der Waals surface area (Å²) in [6, 6.07) is 0.639. The molecule has 0 bridgehead atoms. The van der Waals surface area contributed by atoms with Gasteiger partial charge in [0.1, 0.15) is 0 Å². The van der Waals surface area contributed by atoms with Gasteiger partial charge in [-0.05, 0) is 24.2 Å². The van der Waals surface area contributed by atoms with Gasteiger partial charge >= 0.3 is 0 Å².